The molecule has 1 heterocycles. The molecule has 4 N–H and O–H groups in total. The van der Waals surface area contributed by atoms with Crippen molar-refractivity contribution in [3.8, 4) is 16.9 Å². The van der Waals surface area contributed by atoms with E-state index < -0.39 is 0 Å². The number of benzene rings is 1. The molecule has 0 aliphatic heterocycles. The Morgan fingerprint density at radius 2 is 2.06 bits per heavy atom. The third-order valence-electron chi connectivity index (χ3n) is 2.78. The molecule has 1 aromatic heterocycles. The van der Waals surface area contributed by atoms with Gasteiger partial charge in [0.05, 0.1) is 6.20 Å². The van der Waals surface area contributed by atoms with Gasteiger partial charge in [0.25, 0.3) is 0 Å². The third-order valence-corrected chi connectivity index (χ3v) is 2.78. The van der Waals surface area contributed by atoms with Gasteiger partial charge < -0.3 is 15.7 Å². The topological polar surface area (TPSA) is 78.2 Å². The van der Waals surface area contributed by atoms with Gasteiger partial charge in [-0.15, -0.1) is 0 Å². The zero-order valence-corrected chi connectivity index (χ0v) is 10.9. The average molecular weight is 246 g/mol. The van der Waals surface area contributed by atoms with E-state index in [1.54, 1.807) is 6.20 Å². The molecule has 0 bridgehead atoms. The van der Waals surface area contributed by atoms with Crippen LogP contribution in [0.15, 0.2) is 18.3 Å². The van der Waals surface area contributed by atoms with E-state index in [2.05, 4.69) is 10.2 Å². The maximum atomic E-state index is 10.3. The van der Waals surface area contributed by atoms with Crippen molar-refractivity contribution >= 4 is 5.82 Å². The van der Waals surface area contributed by atoms with Crippen molar-refractivity contribution < 1.29 is 5.11 Å². The normalized spacial score (nSPS) is 11.1. The number of hydrogen-bond donors (Lipinski definition) is 3. The maximum Gasteiger partial charge on any atom is 0.128 e. The number of phenols is 1. The zero-order chi connectivity index (χ0) is 13.3. The predicted octanol–water partition coefficient (Wildman–Crippen LogP) is 1.73. The largest absolute Gasteiger partial charge is 0.507 e. The fraction of sp³-hybridized carbons (Fsp3) is 0.308. The summed E-state index contributed by atoms with van der Waals surface area (Å²) < 4.78 is 0. The van der Waals surface area contributed by atoms with Crippen LogP contribution in [0.3, 0.4) is 0 Å². The first-order valence-electron chi connectivity index (χ1n) is 5.75. The van der Waals surface area contributed by atoms with Gasteiger partial charge in [0.2, 0.25) is 0 Å². The summed E-state index contributed by atoms with van der Waals surface area (Å²) in [4.78, 5) is 2.01. The van der Waals surface area contributed by atoms with E-state index in [4.69, 9.17) is 5.73 Å². The second kappa shape index (κ2) is 4.70. The molecule has 0 atom stereocenters. The molecule has 0 aliphatic carbocycles. The number of nitrogens with one attached hydrogen (secondary N) is 1. The summed E-state index contributed by atoms with van der Waals surface area (Å²) in [5, 5.41) is 16.9. The Balaban J connectivity index is 2.55. The molecule has 96 valence electrons. The Morgan fingerprint density at radius 1 is 1.33 bits per heavy atom. The second-order valence-electron chi connectivity index (χ2n) is 4.76. The highest BCUT2D eigenvalue weighted by Crippen LogP contribution is 2.36. The first-order chi connectivity index (χ1) is 8.49. The van der Waals surface area contributed by atoms with Crippen LogP contribution in [0.5, 0.6) is 5.75 Å². The van der Waals surface area contributed by atoms with Gasteiger partial charge in [0.15, 0.2) is 0 Å². The summed E-state index contributed by atoms with van der Waals surface area (Å²) in [7, 11) is 3.93. The lowest BCUT2D eigenvalue weighted by atomic mass is 10.00. The molecule has 2 rings (SSSR count). The molecule has 5 nitrogen and oxygen atoms in total. The van der Waals surface area contributed by atoms with Gasteiger partial charge in [-0.05, 0) is 32.6 Å². The van der Waals surface area contributed by atoms with Crippen LogP contribution in [-0.2, 0) is 6.54 Å². The van der Waals surface area contributed by atoms with Crippen LogP contribution in [0.2, 0.25) is 0 Å². The van der Waals surface area contributed by atoms with Crippen molar-refractivity contribution in [3.05, 3.63) is 29.5 Å². The monoisotopic (exact) mass is 246 g/mol. The number of H-pyrrole nitrogens is 1. The molecular weight excluding hydrogens is 228 g/mol. The minimum Gasteiger partial charge on any atom is -0.507 e. The SMILES string of the molecule is Cc1cc(CN(C)C)c(O)c(-c2cn[nH]c2N)c1. The van der Waals surface area contributed by atoms with Crippen LogP contribution in [0.4, 0.5) is 5.82 Å². The third kappa shape index (κ3) is 2.31. The lowest BCUT2D eigenvalue weighted by molar-refractivity contribution is 0.386. The molecule has 1 aromatic carbocycles. The smallest absolute Gasteiger partial charge is 0.128 e. The van der Waals surface area contributed by atoms with Crippen molar-refractivity contribution in [1.29, 1.82) is 0 Å². The van der Waals surface area contributed by atoms with Crippen LogP contribution in [0, 0.1) is 6.92 Å². The summed E-state index contributed by atoms with van der Waals surface area (Å²) in [5.74, 6) is 0.731. The highest BCUT2D eigenvalue weighted by Gasteiger charge is 2.14. The Morgan fingerprint density at radius 3 is 2.61 bits per heavy atom. The maximum absolute atomic E-state index is 10.3. The number of rotatable bonds is 3. The van der Waals surface area contributed by atoms with Gasteiger partial charge in [-0.3, -0.25) is 5.10 Å². The zero-order valence-electron chi connectivity index (χ0n) is 10.9. The number of nitrogens with zero attached hydrogens (tertiary/aromatic N) is 2. The van der Waals surface area contributed by atoms with Gasteiger partial charge in [0, 0.05) is 23.2 Å². The molecule has 0 radical (unpaired) electrons. The minimum atomic E-state index is 0.266. The molecular formula is C13H18N4O. The van der Waals surface area contributed by atoms with E-state index in [1.807, 2.05) is 38.1 Å². The van der Waals surface area contributed by atoms with Crippen molar-refractivity contribution in [2.75, 3.05) is 19.8 Å². The molecule has 0 aliphatic rings. The summed E-state index contributed by atoms with van der Waals surface area (Å²) in [6.07, 6.45) is 1.63. The summed E-state index contributed by atoms with van der Waals surface area (Å²) >= 11 is 0. The molecule has 0 amide bonds. The van der Waals surface area contributed by atoms with Gasteiger partial charge in [0.1, 0.15) is 11.6 Å². The number of nitrogen functional groups attached to an aromatic ring is 1. The highest BCUT2D eigenvalue weighted by atomic mass is 16.3. The fourth-order valence-corrected chi connectivity index (χ4v) is 2.03. The number of anilines is 1. The molecule has 0 spiro atoms. The minimum absolute atomic E-state index is 0.266. The standard InChI is InChI=1S/C13H18N4O/c1-8-4-9(7-17(2)3)12(18)10(5-8)11-6-15-16-13(11)14/h4-6,18H,7H2,1-3H3,(H3,14,15,16). The molecule has 0 saturated heterocycles. The van der Waals surface area contributed by atoms with Crippen LogP contribution in [0.1, 0.15) is 11.1 Å². The Kier molecular flexibility index (Phi) is 3.25. The summed E-state index contributed by atoms with van der Waals surface area (Å²) in [6, 6.07) is 3.89. The number of aryl methyl sites for hydroxylation is 1. The number of aromatic amines is 1. The quantitative estimate of drug-likeness (QED) is 0.770. The van der Waals surface area contributed by atoms with Crippen LogP contribution >= 0.6 is 0 Å². The molecule has 5 heteroatoms. The molecule has 0 unspecified atom stereocenters. The first kappa shape index (κ1) is 12.4. The van der Waals surface area contributed by atoms with Gasteiger partial charge in [-0.25, -0.2) is 0 Å². The molecule has 18 heavy (non-hydrogen) atoms. The van der Waals surface area contributed by atoms with E-state index in [0.717, 1.165) is 22.3 Å². The number of aromatic hydroxyl groups is 1. The van der Waals surface area contributed by atoms with Crippen molar-refractivity contribution in [1.82, 2.24) is 15.1 Å². The van der Waals surface area contributed by atoms with Gasteiger partial charge in [-0.2, -0.15) is 5.10 Å². The highest BCUT2D eigenvalue weighted by molar-refractivity contribution is 5.79. The van der Waals surface area contributed by atoms with Crippen molar-refractivity contribution in [2.24, 2.45) is 0 Å². The average Bonchev–Trinajstić information content (AvgIpc) is 2.68. The van der Waals surface area contributed by atoms with E-state index in [-0.39, 0.29) is 5.75 Å². The van der Waals surface area contributed by atoms with Crippen LogP contribution < -0.4 is 5.73 Å². The number of phenolic OH excluding ortho intramolecular Hbond substituents is 1. The van der Waals surface area contributed by atoms with E-state index in [1.165, 1.54) is 0 Å². The van der Waals surface area contributed by atoms with Crippen LogP contribution in [-0.4, -0.2) is 34.3 Å². The van der Waals surface area contributed by atoms with Crippen molar-refractivity contribution in [3.63, 3.8) is 0 Å². The Hall–Kier alpha value is -2.01. The molecule has 0 fully saturated rings. The van der Waals surface area contributed by atoms with Crippen LogP contribution in [0.25, 0.3) is 11.1 Å². The van der Waals surface area contributed by atoms with Gasteiger partial charge >= 0.3 is 0 Å². The Bertz CT molecular complexity index is 560. The van der Waals surface area contributed by atoms with E-state index in [9.17, 15) is 5.11 Å². The summed E-state index contributed by atoms with van der Waals surface area (Å²) in [6.45, 7) is 2.68. The fourth-order valence-electron chi connectivity index (χ4n) is 2.03. The first-order valence-corrected chi connectivity index (χ1v) is 5.75. The van der Waals surface area contributed by atoms with E-state index in [0.29, 0.717) is 12.4 Å². The summed E-state index contributed by atoms with van der Waals surface area (Å²) in [5.41, 5.74) is 9.22. The number of hydrogen-bond acceptors (Lipinski definition) is 4. The Labute approximate surface area is 106 Å². The lowest BCUT2D eigenvalue weighted by Gasteiger charge is -2.15. The lowest BCUT2D eigenvalue weighted by Crippen LogP contribution is -2.11. The molecule has 0 saturated carbocycles. The number of aromatic nitrogens is 2. The molecule has 2 aromatic rings. The van der Waals surface area contributed by atoms with E-state index >= 15 is 0 Å². The predicted molar refractivity (Wildman–Crippen MR) is 72.2 cm³/mol. The van der Waals surface area contributed by atoms with Crippen molar-refractivity contribution in [2.45, 2.75) is 13.5 Å². The second-order valence-corrected chi connectivity index (χ2v) is 4.76. The van der Waals surface area contributed by atoms with Gasteiger partial charge in [-0.1, -0.05) is 6.07 Å². The number of nitrogens with two attached hydrogens (primary N) is 1.